The van der Waals surface area contributed by atoms with Crippen molar-refractivity contribution < 1.29 is 14.3 Å². The lowest BCUT2D eigenvalue weighted by Crippen LogP contribution is -2.38. The Hall–Kier alpha value is -1.32. The van der Waals surface area contributed by atoms with Gasteiger partial charge < -0.3 is 4.74 Å². The molecule has 1 fully saturated rings. The molecule has 2 rings (SSSR count). The summed E-state index contributed by atoms with van der Waals surface area (Å²) in [5, 5.41) is 0. The fourth-order valence-electron chi connectivity index (χ4n) is 2.45. The van der Waals surface area contributed by atoms with E-state index in [0.717, 1.165) is 19.3 Å². The molecule has 16 heavy (non-hydrogen) atoms. The van der Waals surface area contributed by atoms with Crippen LogP contribution in [0.25, 0.3) is 0 Å². The number of carbonyl (C=O) groups excluding carboxylic acids is 2. The first-order chi connectivity index (χ1) is 7.74. The normalized spacial score (nSPS) is 25.9. The van der Waals surface area contributed by atoms with Crippen molar-refractivity contribution in [2.24, 2.45) is 11.8 Å². The predicted molar refractivity (Wildman–Crippen MR) is 58.7 cm³/mol. The molecule has 2 atom stereocenters. The molecule has 0 spiro atoms. The molecule has 0 saturated carbocycles. The monoisotopic (exact) mass is 223 g/mol. The van der Waals surface area contributed by atoms with E-state index in [1.54, 1.807) is 0 Å². The quantitative estimate of drug-likeness (QED) is 0.687. The third-order valence-electron chi connectivity index (χ3n) is 3.35. The second kappa shape index (κ2) is 4.68. The average Bonchev–Trinajstić information content (AvgIpc) is 2.90. The fraction of sp³-hybridized carbons (Fsp3) is 0.667. The summed E-state index contributed by atoms with van der Waals surface area (Å²) in [5.74, 6) is 0.164. The maximum Gasteiger partial charge on any atom is 0.416 e. The van der Waals surface area contributed by atoms with Crippen LogP contribution < -0.4 is 0 Å². The third kappa shape index (κ3) is 1.96. The lowest BCUT2D eigenvalue weighted by Gasteiger charge is -2.23. The molecular formula is C12H17NO3. The van der Waals surface area contributed by atoms with Gasteiger partial charge in [-0.05, 0) is 25.2 Å². The van der Waals surface area contributed by atoms with Gasteiger partial charge in [0.1, 0.15) is 6.61 Å². The number of cyclic esters (lactones) is 1. The zero-order chi connectivity index (χ0) is 11.5. The first-order valence-corrected chi connectivity index (χ1v) is 5.89. The summed E-state index contributed by atoms with van der Waals surface area (Å²) >= 11 is 0. The zero-order valence-electron chi connectivity index (χ0n) is 9.52. The SMILES string of the molecule is CCC(C(=O)N1CCOC1=O)C1C=CCC1. The number of amides is 2. The molecule has 2 aliphatic rings. The summed E-state index contributed by atoms with van der Waals surface area (Å²) < 4.78 is 4.79. The van der Waals surface area contributed by atoms with Gasteiger partial charge in [0, 0.05) is 5.92 Å². The number of ether oxygens (including phenoxy) is 1. The van der Waals surface area contributed by atoms with Gasteiger partial charge in [0.15, 0.2) is 0 Å². The van der Waals surface area contributed by atoms with E-state index in [2.05, 4.69) is 12.2 Å². The van der Waals surface area contributed by atoms with E-state index in [9.17, 15) is 9.59 Å². The zero-order valence-corrected chi connectivity index (χ0v) is 9.52. The average molecular weight is 223 g/mol. The minimum Gasteiger partial charge on any atom is -0.447 e. The number of hydrogen-bond donors (Lipinski definition) is 0. The van der Waals surface area contributed by atoms with Crippen molar-refractivity contribution in [3.8, 4) is 0 Å². The summed E-state index contributed by atoms with van der Waals surface area (Å²) in [6.07, 6.45) is 6.57. The molecule has 0 aromatic carbocycles. The molecule has 0 N–H and O–H groups in total. The minimum absolute atomic E-state index is 0.0654. The third-order valence-corrected chi connectivity index (χ3v) is 3.35. The second-order valence-electron chi connectivity index (χ2n) is 4.29. The number of imide groups is 1. The van der Waals surface area contributed by atoms with Gasteiger partial charge in [0.05, 0.1) is 6.54 Å². The van der Waals surface area contributed by atoms with Gasteiger partial charge in [0.25, 0.3) is 0 Å². The summed E-state index contributed by atoms with van der Waals surface area (Å²) in [6, 6.07) is 0. The number of carbonyl (C=O) groups is 2. The van der Waals surface area contributed by atoms with Crippen LogP contribution in [0.3, 0.4) is 0 Å². The predicted octanol–water partition coefficient (Wildman–Crippen LogP) is 1.96. The Labute approximate surface area is 95.2 Å². The summed E-state index contributed by atoms with van der Waals surface area (Å²) in [5.41, 5.74) is 0. The van der Waals surface area contributed by atoms with Crippen LogP contribution in [0.1, 0.15) is 26.2 Å². The molecule has 2 unspecified atom stereocenters. The number of nitrogens with zero attached hydrogens (tertiary/aromatic N) is 1. The standard InChI is InChI=1S/C12H17NO3/c1-2-10(9-5-3-4-6-9)11(14)13-7-8-16-12(13)15/h3,5,9-10H,2,4,6-8H2,1H3. The Morgan fingerprint density at radius 2 is 2.50 bits per heavy atom. The van der Waals surface area contributed by atoms with Crippen LogP contribution in [-0.4, -0.2) is 30.1 Å². The molecule has 1 aliphatic heterocycles. The van der Waals surface area contributed by atoms with Crippen LogP contribution in [0.15, 0.2) is 12.2 Å². The molecule has 2 amide bonds. The highest BCUT2D eigenvalue weighted by atomic mass is 16.6. The molecule has 0 bridgehead atoms. The van der Waals surface area contributed by atoms with Gasteiger partial charge in [0.2, 0.25) is 5.91 Å². The van der Waals surface area contributed by atoms with E-state index < -0.39 is 6.09 Å². The van der Waals surface area contributed by atoms with Gasteiger partial charge >= 0.3 is 6.09 Å². The van der Waals surface area contributed by atoms with Crippen LogP contribution in [0.2, 0.25) is 0 Å². The van der Waals surface area contributed by atoms with Gasteiger partial charge in [-0.3, -0.25) is 4.79 Å². The van der Waals surface area contributed by atoms with Crippen molar-refractivity contribution in [3.05, 3.63) is 12.2 Å². The topological polar surface area (TPSA) is 46.6 Å². The van der Waals surface area contributed by atoms with Crippen LogP contribution in [-0.2, 0) is 9.53 Å². The van der Waals surface area contributed by atoms with Crippen molar-refractivity contribution in [1.82, 2.24) is 4.90 Å². The van der Waals surface area contributed by atoms with E-state index in [1.165, 1.54) is 4.90 Å². The molecule has 1 saturated heterocycles. The first kappa shape index (κ1) is 11.2. The Balaban J connectivity index is 2.05. The molecular weight excluding hydrogens is 206 g/mol. The van der Waals surface area contributed by atoms with E-state index in [1.807, 2.05) is 6.92 Å². The summed E-state index contributed by atoms with van der Waals surface area (Å²) in [7, 11) is 0. The van der Waals surface area contributed by atoms with Crippen molar-refractivity contribution in [2.45, 2.75) is 26.2 Å². The van der Waals surface area contributed by atoms with E-state index in [-0.39, 0.29) is 11.8 Å². The van der Waals surface area contributed by atoms with E-state index in [0.29, 0.717) is 19.1 Å². The minimum atomic E-state index is -0.481. The molecule has 1 aliphatic carbocycles. The fourth-order valence-corrected chi connectivity index (χ4v) is 2.45. The van der Waals surface area contributed by atoms with Gasteiger partial charge in [-0.25, -0.2) is 9.69 Å². The lowest BCUT2D eigenvalue weighted by atomic mass is 9.88. The van der Waals surface area contributed by atoms with Crippen molar-refractivity contribution >= 4 is 12.0 Å². The Kier molecular flexibility index (Phi) is 3.27. The van der Waals surface area contributed by atoms with E-state index in [4.69, 9.17) is 4.74 Å². The van der Waals surface area contributed by atoms with Gasteiger partial charge in [-0.2, -0.15) is 0 Å². The van der Waals surface area contributed by atoms with E-state index >= 15 is 0 Å². The Morgan fingerprint density at radius 3 is 3.00 bits per heavy atom. The largest absolute Gasteiger partial charge is 0.447 e. The highest BCUT2D eigenvalue weighted by Crippen LogP contribution is 2.29. The Bertz CT molecular complexity index is 324. The summed E-state index contributed by atoms with van der Waals surface area (Å²) in [6.45, 7) is 2.74. The smallest absolute Gasteiger partial charge is 0.416 e. The highest BCUT2D eigenvalue weighted by molar-refractivity contribution is 5.94. The van der Waals surface area contributed by atoms with Gasteiger partial charge in [-0.1, -0.05) is 19.1 Å². The van der Waals surface area contributed by atoms with Crippen LogP contribution >= 0.6 is 0 Å². The second-order valence-corrected chi connectivity index (χ2v) is 4.29. The Morgan fingerprint density at radius 1 is 1.69 bits per heavy atom. The first-order valence-electron chi connectivity index (χ1n) is 5.89. The molecule has 0 radical (unpaired) electrons. The maximum atomic E-state index is 12.2. The molecule has 88 valence electrons. The highest BCUT2D eigenvalue weighted by Gasteiger charge is 2.36. The molecule has 4 nitrogen and oxygen atoms in total. The van der Waals surface area contributed by atoms with Crippen molar-refractivity contribution in [2.75, 3.05) is 13.2 Å². The van der Waals surface area contributed by atoms with Gasteiger partial charge in [-0.15, -0.1) is 0 Å². The summed E-state index contributed by atoms with van der Waals surface area (Å²) in [4.78, 5) is 24.7. The number of hydrogen-bond acceptors (Lipinski definition) is 3. The maximum absolute atomic E-state index is 12.2. The molecule has 0 aromatic heterocycles. The number of rotatable bonds is 3. The van der Waals surface area contributed by atoms with Crippen LogP contribution in [0.5, 0.6) is 0 Å². The number of allylic oxidation sites excluding steroid dienone is 2. The van der Waals surface area contributed by atoms with Crippen molar-refractivity contribution in [3.63, 3.8) is 0 Å². The molecule has 4 heteroatoms. The lowest BCUT2D eigenvalue weighted by molar-refractivity contribution is -0.133. The van der Waals surface area contributed by atoms with Crippen LogP contribution in [0, 0.1) is 11.8 Å². The molecule has 0 aromatic rings. The van der Waals surface area contributed by atoms with Crippen molar-refractivity contribution in [1.29, 1.82) is 0 Å². The molecule has 1 heterocycles. The van der Waals surface area contributed by atoms with Crippen LogP contribution in [0.4, 0.5) is 4.79 Å².